The molecular formula is C23H22N4O5S. The molecule has 2 N–H and O–H groups in total. The van der Waals surface area contributed by atoms with Crippen molar-refractivity contribution in [2.24, 2.45) is 0 Å². The van der Waals surface area contributed by atoms with Crippen LogP contribution in [0, 0.1) is 11.3 Å². The van der Waals surface area contributed by atoms with Crippen molar-refractivity contribution in [3.63, 3.8) is 0 Å². The number of esters is 1. The van der Waals surface area contributed by atoms with Gasteiger partial charge in [0.2, 0.25) is 5.91 Å². The molecule has 1 saturated heterocycles. The number of nitrogens with zero attached hydrogens (tertiary/aromatic N) is 2. The molecule has 1 aliphatic heterocycles. The molecule has 0 atom stereocenters. The van der Waals surface area contributed by atoms with E-state index >= 15 is 0 Å². The van der Waals surface area contributed by atoms with Gasteiger partial charge in [-0.2, -0.15) is 5.26 Å². The number of amides is 4. The third kappa shape index (κ3) is 5.04. The van der Waals surface area contributed by atoms with Gasteiger partial charge in [-0.05, 0) is 48.9 Å². The third-order valence-corrected chi connectivity index (χ3v) is 6.80. The van der Waals surface area contributed by atoms with E-state index in [1.54, 1.807) is 12.1 Å². The van der Waals surface area contributed by atoms with Crippen LogP contribution in [0.3, 0.4) is 0 Å². The van der Waals surface area contributed by atoms with Gasteiger partial charge in [-0.1, -0.05) is 18.6 Å². The van der Waals surface area contributed by atoms with Crippen molar-refractivity contribution in [1.29, 1.82) is 5.26 Å². The van der Waals surface area contributed by atoms with Crippen molar-refractivity contribution in [3.8, 4) is 6.07 Å². The SMILES string of the molecule is N#Cc1c(NC(=O)COC(=O)c2ccc(CN3C(=O)CNC3=O)cc2)sc2c1CCCCC2. The maximum absolute atomic E-state index is 12.3. The van der Waals surface area contributed by atoms with Gasteiger partial charge in [0.25, 0.3) is 5.91 Å². The number of carbonyl (C=O) groups excluding carboxylic acids is 4. The van der Waals surface area contributed by atoms with E-state index in [-0.39, 0.29) is 24.6 Å². The number of thiophene rings is 1. The summed E-state index contributed by atoms with van der Waals surface area (Å²) in [4.78, 5) is 50.2. The maximum atomic E-state index is 12.3. The fraction of sp³-hybridized carbons (Fsp3) is 0.348. The molecule has 0 unspecified atom stereocenters. The lowest BCUT2D eigenvalue weighted by Gasteiger charge is -2.12. The van der Waals surface area contributed by atoms with Gasteiger partial charge in [0.05, 0.1) is 24.2 Å². The molecule has 1 aliphatic carbocycles. The van der Waals surface area contributed by atoms with E-state index in [0.29, 0.717) is 16.1 Å². The second-order valence-electron chi connectivity index (χ2n) is 7.84. The minimum absolute atomic E-state index is 0.0186. The number of rotatable bonds is 6. The van der Waals surface area contributed by atoms with Crippen LogP contribution in [0.15, 0.2) is 24.3 Å². The lowest BCUT2D eigenvalue weighted by atomic mass is 10.1. The third-order valence-electron chi connectivity index (χ3n) is 5.59. The monoisotopic (exact) mass is 466 g/mol. The Kier molecular flexibility index (Phi) is 6.70. The largest absolute Gasteiger partial charge is 0.452 e. The average molecular weight is 467 g/mol. The number of carbonyl (C=O) groups is 4. The molecule has 9 nitrogen and oxygen atoms in total. The van der Waals surface area contributed by atoms with Crippen LogP contribution in [0.5, 0.6) is 0 Å². The van der Waals surface area contributed by atoms with Crippen LogP contribution in [0.25, 0.3) is 0 Å². The summed E-state index contributed by atoms with van der Waals surface area (Å²) in [7, 11) is 0. The number of hydrogen-bond acceptors (Lipinski definition) is 7. The predicted molar refractivity (Wildman–Crippen MR) is 120 cm³/mol. The summed E-state index contributed by atoms with van der Waals surface area (Å²) >= 11 is 1.42. The number of urea groups is 1. The van der Waals surface area contributed by atoms with E-state index in [9.17, 15) is 24.4 Å². The Morgan fingerprint density at radius 2 is 1.91 bits per heavy atom. The second kappa shape index (κ2) is 9.83. The van der Waals surface area contributed by atoms with Gasteiger partial charge in [-0.15, -0.1) is 11.3 Å². The molecule has 1 aromatic carbocycles. The molecule has 33 heavy (non-hydrogen) atoms. The summed E-state index contributed by atoms with van der Waals surface area (Å²) < 4.78 is 5.11. The first kappa shape index (κ1) is 22.5. The lowest BCUT2D eigenvalue weighted by molar-refractivity contribution is -0.125. The molecule has 0 saturated carbocycles. The minimum atomic E-state index is -0.672. The number of imide groups is 1. The average Bonchev–Trinajstić information content (AvgIpc) is 3.20. The molecule has 2 heterocycles. The van der Waals surface area contributed by atoms with E-state index < -0.39 is 24.5 Å². The fourth-order valence-corrected chi connectivity index (χ4v) is 5.13. The summed E-state index contributed by atoms with van der Waals surface area (Å²) in [6.45, 7) is -0.389. The van der Waals surface area contributed by atoms with Crippen LogP contribution < -0.4 is 10.6 Å². The number of aryl methyl sites for hydroxylation is 1. The molecule has 0 bridgehead atoms. The van der Waals surface area contributed by atoms with Crippen LogP contribution >= 0.6 is 11.3 Å². The topological polar surface area (TPSA) is 129 Å². The number of hydrogen-bond donors (Lipinski definition) is 2. The molecule has 1 fully saturated rings. The molecule has 4 rings (SSSR count). The van der Waals surface area contributed by atoms with Gasteiger partial charge in [-0.25, -0.2) is 9.59 Å². The Morgan fingerprint density at radius 3 is 2.61 bits per heavy atom. The molecular weight excluding hydrogens is 444 g/mol. The number of benzene rings is 1. The first-order chi connectivity index (χ1) is 16.0. The summed E-state index contributed by atoms with van der Waals surface area (Å²) in [5, 5.41) is 15.2. The Hall–Kier alpha value is -3.71. The zero-order valence-corrected chi connectivity index (χ0v) is 18.6. The Morgan fingerprint density at radius 1 is 1.15 bits per heavy atom. The van der Waals surface area contributed by atoms with E-state index in [1.165, 1.54) is 23.5 Å². The summed E-state index contributed by atoms with van der Waals surface area (Å²) in [5.41, 5.74) is 2.46. The predicted octanol–water partition coefficient (Wildman–Crippen LogP) is 2.74. The van der Waals surface area contributed by atoms with Crippen LogP contribution in [-0.2, 0) is 33.7 Å². The van der Waals surface area contributed by atoms with Crippen molar-refractivity contribution < 1.29 is 23.9 Å². The van der Waals surface area contributed by atoms with Crippen LogP contribution in [-0.4, -0.2) is 41.9 Å². The highest BCUT2D eigenvalue weighted by molar-refractivity contribution is 7.16. The highest BCUT2D eigenvalue weighted by Crippen LogP contribution is 2.36. The van der Waals surface area contributed by atoms with Gasteiger partial charge in [0.15, 0.2) is 6.61 Å². The van der Waals surface area contributed by atoms with Crippen molar-refractivity contribution in [1.82, 2.24) is 10.2 Å². The second-order valence-corrected chi connectivity index (χ2v) is 8.95. The molecule has 0 radical (unpaired) electrons. The van der Waals surface area contributed by atoms with Gasteiger partial charge in [-0.3, -0.25) is 14.5 Å². The lowest BCUT2D eigenvalue weighted by Crippen LogP contribution is -2.30. The zero-order chi connectivity index (χ0) is 23.4. The number of fused-ring (bicyclic) bond motifs is 1. The van der Waals surface area contributed by atoms with E-state index in [1.807, 2.05) is 0 Å². The molecule has 2 aliphatic rings. The van der Waals surface area contributed by atoms with E-state index in [0.717, 1.165) is 47.4 Å². The summed E-state index contributed by atoms with van der Waals surface area (Å²) in [5.74, 6) is -1.49. The van der Waals surface area contributed by atoms with Crippen molar-refractivity contribution >= 4 is 40.2 Å². The smallest absolute Gasteiger partial charge is 0.338 e. The van der Waals surface area contributed by atoms with Crippen LogP contribution in [0.2, 0.25) is 0 Å². The van der Waals surface area contributed by atoms with E-state index in [2.05, 4.69) is 16.7 Å². The number of nitriles is 1. The van der Waals surface area contributed by atoms with Gasteiger partial charge >= 0.3 is 12.0 Å². The molecule has 0 spiro atoms. The summed E-state index contributed by atoms with van der Waals surface area (Å²) in [6, 6.07) is 8.02. The Labute approximate surface area is 194 Å². The Balaban J connectivity index is 1.32. The minimum Gasteiger partial charge on any atom is -0.452 e. The quantitative estimate of drug-likeness (QED) is 0.383. The van der Waals surface area contributed by atoms with Crippen LogP contribution in [0.1, 0.15) is 51.2 Å². The summed E-state index contributed by atoms with van der Waals surface area (Å²) in [6.07, 6.45) is 4.99. The molecule has 170 valence electrons. The van der Waals surface area contributed by atoms with Gasteiger partial charge in [0, 0.05) is 4.88 Å². The molecule has 4 amide bonds. The number of nitrogens with one attached hydrogen (secondary N) is 2. The fourth-order valence-electron chi connectivity index (χ4n) is 3.87. The normalized spacial score (nSPS) is 15.3. The maximum Gasteiger partial charge on any atom is 0.338 e. The zero-order valence-electron chi connectivity index (χ0n) is 17.8. The van der Waals surface area contributed by atoms with Crippen LogP contribution in [0.4, 0.5) is 9.80 Å². The standard InChI is InChI=1S/C23H22N4O5S/c24-10-17-16-4-2-1-3-5-18(16)33-21(17)26-19(28)13-32-22(30)15-8-6-14(7-9-15)12-27-20(29)11-25-23(27)31/h6-9H,1-5,11-13H2,(H,25,31)(H,26,28). The first-order valence-electron chi connectivity index (χ1n) is 10.6. The number of ether oxygens (including phenoxy) is 1. The van der Waals surface area contributed by atoms with E-state index in [4.69, 9.17) is 4.74 Å². The molecule has 2 aromatic rings. The van der Waals surface area contributed by atoms with Crippen molar-refractivity contribution in [2.75, 3.05) is 18.5 Å². The first-order valence-corrected chi connectivity index (χ1v) is 11.5. The van der Waals surface area contributed by atoms with Crippen molar-refractivity contribution in [2.45, 2.75) is 38.6 Å². The highest BCUT2D eigenvalue weighted by Gasteiger charge is 2.28. The highest BCUT2D eigenvalue weighted by atomic mass is 32.1. The molecule has 10 heteroatoms. The van der Waals surface area contributed by atoms with Gasteiger partial charge in [0.1, 0.15) is 11.1 Å². The number of anilines is 1. The van der Waals surface area contributed by atoms with Gasteiger partial charge < -0.3 is 15.4 Å². The molecule has 1 aromatic heterocycles. The Bertz CT molecular complexity index is 1130. The van der Waals surface area contributed by atoms with Crippen molar-refractivity contribution in [3.05, 3.63) is 51.4 Å².